The molecule has 0 atom stereocenters. The summed E-state index contributed by atoms with van der Waals surface area (Å²) in [6.07, 6.45) is 0. The first-order valence-corrected chi connectivity index (χ1v) is 8.71. The van der Waals surface area contributed by atoms with Gasteiger partial charge in [-0.3, -0.25) is 4.90 Å². The molecule has 0 unspecified atom stereocenters. The lowest BCUT2D eigenvalue weighted by molar-refractivity contribution is 0.0263. The van der Waals surface area contributed by atoms with E-state index < -0.39 is 15.6 Å². The Hall–Kier alpha value is -0.660. The minimum atomic E-state index is -3.46. The highest BCUT2D eigenvalue weighted by molar-refractivity contribution is 7.89. The van der Waals surface area contributed by atoms with E-state index in [2.05, 4.69) is 4.90 Å². The molecule has 0 radical (unpaired) electrons. The minimum Gasteiger partial charge on any atom is -0.389 e. The molecule has 1 aromatic rings. The Kier molecular flexibility index (Phi) is 4.95. The summed E-state index contributed by atoms with van der Waals surface area (Å²) in [5, 5.41) is 10.3. The van der Waals surface area contributed by atoms with E-state index in [0.29, 0.717) is 37.7 Å². The predicted molar refractivity (Wildman–Crippen MR) is 82.9 cm³/mol. The number of β-amino-alcohol motifs (C(OH)–C–C–N with tert-alkyl or cyclic N) is 1. The molecule has 0 saturated carbocycles. The van der Waals surface area contributed by atoms with Gasteiger partial charge >= 0.3 is 0 Å². The summed E-state index contributed by atoms with van der Waals surface area (Å²) in [6.45, 7) is 6.16. The summed E-state index contributed by atoms with van der Waals surface area (Å²) in [5.74, 6) is 0. The summed E-state index contributed by atoms with van der Waals surface area (Å²) < 4.78 is 26.5. The molecule has 0 spiro atoms. The van der Waals surface area contributed by atoms with Crippen LogP contribution in [0.2, 0.25) is 5.02 Å². The Labute approximate surface area is 131 Å². The van der Waals surface area contributed by atoms with Crippen LogP contribution in [0.15, 0.2) is 29.2 Å². The summed E-state index contributed by atoms with van der Waals surface area (Å²) in [4.78, 5) is 2.34. The van der Waals surface area contributed by atoms with Crippen molar-refractivity contribution >= 4 is 21.6 Å². The number of aliphatic hydroxyl groups is 1. The molecular formula is C14H21ClN2O3S. The molecule has 21 heavy (non-hydrogen) atoms. The second-order valence-electron chi connectivity index (χ2n) is 5.95. The van der Waals surface area contributed by atoms with Gasteiger partial charge < -0.3 is 5.11 Å². The van der Waals surface area contributed by atoms with E-state index in [-0.39, 0.29) is 4.90 Å². The quantitative estimate of drug-likeness (QED) is 0.906. The molecule has 1 aromatic carbocycles. The number of halogens is 1. The first-order valence-electron chi connectivity index (χ1n) is 6.89. The highest BCUT2D eigenvalue weighted by atomic mass is 35.5. The zero-order chi connectivity index (χ0) is 15.7. The molecule has 7 heteroatoms. The Bertz CT molecular complexity index is 573. The first-order chi connectivity index (χ1) is 9.68. The van der Waals surface area contributed by atoms with Gasteiger partial charge in [0.2, 0.25) is 10.0 Å². The zero-order valence-corrected chi connectivity index (χ0v) is 13.9. The number of nitrogens with zero attached hydrogens (tertiary/aromatic N) is 2. The molecule has 0 aromatic heterocycles. The van der Waals surface area contributed by atoms with Crippen molar-refractivity contribution in [2.24, 2.45) is 0 Å². The molecule has 0 aliphatic carbocycles. The minimum absolute atomic E-state index is 0.267. The summed E-state index contributed by atoms with van der Waals surface area (Å²) >= 11 is 5.79. The van der Waals surface area contributed by atoms with Crippen LogP contribution < -0.4 is 0 Å². The highest BCUT2D eigenvalue weighted by Gasteiger charge is 2.30. The maximum absolute atomic E-state index is 12.5. The van der Waals surface area contributed by atoms with Gasteiger partial charge in [-0.25, -0.2) is 8.42 Å². The SMILES string of the molecule is CC(C)(O)CN1CCN(S(=O)(=O)c2ccc(Cl)cc2)CC1. The molecule has 5 nitrogen and oxygen atoms in total. The van der Waals surface area contributed by atoms with Crippen LogP contribution in [0.25, 0.3) is 0 Å². The summed E-state index contributed by atoms with van der Waals surface area (Å²) in [5.41, 5.74) is -0.767. The molecular weight excluding hydrogens is 312 g/mol. The van der Waals surface area contributed by atoms with E-state index in [1.54, 1.807) is 26.0 Å². The van der Waals surface area contributed by atoms with E-state index in [4.69, 9.17) is 11.6 Å². The third kappa shape index (κ3) is 4.40. The monoisotopic (exact) mass is 332 g/mol. The van der Waals surface area contributed by atoms with Crippen molar-refractivity contribution in [3.63, 3.8) is 0 Å². The van der Waals surface area contributed by atoms with Gasteiger partial charge in [-0.05, 0) is 38.1 Å². The van der Waals surface area contributed by atoms with Crippen molar-refractivity contribution in [3.8, 4) is 0 Å². The smallest absolute Gasteiger partial charge is 0.243 e. The van der Waals surface area contributed by atoms with E-state index in [0.717, 1.165) is 0 Å². The molecule has 1 aliphatic rings. The Morgan fingerprint density at radius 1 is 1.14 bits per heavy atom. The van der Waals surface area contributed by atoms with Gasteiger partial charge in [0.1, 0.15) is 0 Å². The van der Waals surface area contributed by atoms with Gasteiger partial charge in [0.25, 0.3) is 0 Å². The van der Waals surface area contributed by atoms with E-state index in [9.17, 15) is 13.5 Å². The fraction of sp³-hybridized carbons (Fsp3) is 0.571. The lowest BCUT2D eigenvalue weighted by Gasteiger charge is -2.36. The first kappa shape index (κ1) is 16.7. The van der Waals surface area contributed by atoms with Gasteiger partial charge in [0, 0.05) is 37.7 Å². The summed E-state index contributed by atoms with van der Waals surface area (Å²) in [7, 11) is -3.46. The Morgan fingerprint density at radius 3 is 2.14 bits per heavy atom. The van der Waals surface area contributed by atoms with Gasteiger partial charge in [-0.1, -0.05) is 11.6 Å². The number of hydrogen-bond donors (Lipinski definition) is 1. The fourth-order valence-electron chi connectivity index (χ4n) is 2.43. The van der Waals surface area contributed by atoms with Crippen LogP contribution in [-0.2, 0) is 10.0 Å². The van der Waals surface area contributed by atoms with E-state index >= 15 is 0 Å². The summed E-state index contributed by atoms with van der Waals surface area (Å²) in [6, 6.07) is 6.22. The molecule has 2 rings (SSSR count). The van der Waals surface area contributed by atoms with Crippen molar-refractivity contribution in [3.05, 3.63) is 29.3 Å². The molecule has 1 N–H and O–H groups in total. The molecule has 1 fully saturated rings. The van der Waals surface area contributed by atoms with Crippen LogP contribution in [-0.4, -0.2) is 61.1 Å². The molecule has 0 bridgehead atoms. The molecule has 1 heterocycles. The average Bonchev–Trinajstić information content (AvgIpc) is 2.38. The largest absolute Gasteiger partial charge is 0.389 e. The second-order valence-corrected chi connectivity index (χ2v) is 8.32. The van der Waals surface area contributed by atoms with Crippen LogP contribution in [0.5, 0.6) is 0 Å². The topological polar surface area (TPSA) is 60.9 Å². The number of sulfonamides is 1. The van der Waals surface area contributed by atoms with Crippen LogP contribution in [0.4, 0.5) is 0 Å². The number of piperazine rings is 1. The Morgan fingerprint density at radius 2 is 1.67 bits per heavy atom. The normalized spacial score (nSPS) is 18.9. The fourth-order valence-corrected chi connectivity index (χ4v) is 3.98. The lowest BCUT2D eigenvalue weighted by Crippen LogP contribution is -2.51. The van der Waals surface area contributed by atoms with E-state index in [1.807, 2.05) is 0 Å². The van der Waals surface area contributed by atoms with Crippen molar-refractivity contribution in [2.75, 3.05) is 32.7 Å². The van der Waals surface area contributed by atoms with Gasteiger partial charge in [-0.15, -0.1) is 0 Å². The van der Waals surface area contributed by atoms with E-state index in [1.165, 1.54) is 16.4 Å². The van der Waals surface area contributed by atoms with Crippen LogP contribution in [0.3, 0.4) is 0 Å². The highest BCUT2D eigenvalue weighted by Crippen LogP contribution is 2.20. The zero-order valence-electron chi connectivity index (χ0n) is 12.3. The molecule has 1 aliphatic heterocycles. The molecule has 1 saturated heterocycles. The number of hydrogen-bond acceptors (Lipinski definition) is 4. The van der Waals surface area contributed by atoms with Gasteiger partial charge in [0.15, 0.2) is 0 Å². The third-order valence-electron chi connectivity index (χ3n) is 3.39. The third-order valence-corrected chi connectivity index (χ3v) is 5.56. The van der Waals surface area contributed by atoms with Gasteiger partial charge in [0.05, 0.1) is 10.5 Å². The standard InChI is InChI=1S/C14H21ClN2O3S/c1-14(2,18)11-16-7-9-17(10-8-16)21(19,20)13-5-3-12(15)4-6-13/h3-6,18H,7-11H2,1-2H3. The maximum atomic E-state index is 12.5. The number of benzene rings is 1. The molecule has 118 valence electrons. The van der Waals surface area contributed by atoms with Crippen LogP contribution in [0.1, 0.15) is 13.8 Å². The van der Waals surface area contributed by atoms with Crippen LogP contribution in [0, 0.1) is 0 Å². The second kappa shape index (κ2) is 6.22. The average molecular weight is 333 g/mol. The maximum Gasteiger partial charge on any atom is 0.243 e. The molecule has 0 amide bonds. The Balaban J connectivity index is 2.03. The number of rotatable bonds is 4. The van der Waals surface area contributed by atoms with Crippen molar-refractivity contribution in [2.45, 2.75) is 24.3 Å². The van der Waals surface area contributed by atoms with Gasteiger partial charge in [-0.2, -0.15) is 4.31 Å². The van der Waals surface area contributed by atoms with Crippen molar-refractivity contribution < 1.29 is 13.5 Å². The van der Waals surface area contributed by atoms with Crippen molar-refractivity contribution in [1.82, 2.24) is 9.21 Å². The van der Waals surface area contributed by atoms with Crippen LogP contribution >= 0.6 is 11.6 Å². The predicted octanol–water partition coefficient (Wildman–Crippen LogP) is 1.42. The van der Waals surface area contributed by atoms with Crippen molar-refractivity contribution in [1.29, 1.82) is 0 Å². The lowest BCUT2D eigenvalue weighted by atomic mass is 10.1.